The van der Waals surface area contributed by atoms with Crippen molar-refractivity contribution in [2.45, 2.75) is 12.5 Å². The Balaban J connectivity index is 1.32. The predicted octanol–water partition coefficient (Wildman–Crippen LogP) is -0.317. The molecule has 3 aliphatic rings. The summed E-state index contributed by atoms with van der Waals surface area (Å²) >= 11 is 0. The number of morpholine rings is 1. The van der Waals surface area contributed by atoms with Gasteiger partial charge in [0.15, 0.2) is 9.84 Å². The van der Waals surface area contributed by atoms with E-state index in [0.29, 0.717) is 52.4 Å². The molecule has 2 amide bonds. The second-order valence-electron chi connectivity index (χ2n) is 8.70. The number of piperazine rings is 1. The maximum Gasteiger partial charge on any atom is 0.241 e. The zero-order chi connectivity index (χ0) is 22.6. The third-order valence-corrected chi connectivity index (χ3v) is 8.17. The van der Waals surface area contributed by atoms with Gasteiger partial charge in [-0.2, -0.15) is 0 Å². The molecule has 1 aromatic rings. The van der Waals surface area contributed by atoms with Crippen LogP contribution in [0.2, 0.25) is 0 Å². The fraction of sp³-hybridized carbons (Fsp3) is 0.636. The number of hydrogen-bond donors (Lipinski definition) is 0. The van der Waals surface area contributed by atoms with Crippen molar-refractivity contribution in [1.29, 1.82) is 0 Å². The molecule has 3 fully saturated rings. The monoisotopic (exact) mass is 464 g/mol. The summed E-state index contributed by atoms with van der Waals surface area (Å²) in [6, 6.07) is 9.01. The van der Waals surface area contributed by atoms with E-state index in [-0.39, 0.29) is 35.9 Å². The first-order chi connectivity index (χ1) is 15.4. The highest BCUT2D eigenvalue weighted by Gasteiger charge is 2.36. The van der Waals surface area contributed by atoms with Crippen LogP contribution in [0, 0.1) is 0 Å². The zero-order valence-electron chi connectivity index (χ0n) is 18.4. The van der Waals surface area contributed by atoms with Gasteiger partial charge in [-0.1, -0.05) is 18.2 Å². The molecule has 176 valence electrons. The van der Waals surface area contributed by atoms with Crippen LogP contribution < -0.4 is 4.90 Å². The van der Waals surface area contributed by atoms with Gasteiger partial charge in [-0.05, 0) is 18.6 Å². The summed E-state index contributed by atoms with van der Waals surface area (Å²) in [6.45, 7) is 6.01. The van der Waals surface area contributed by atoms with Crippen molar-refractivity contribution in [2.24, 2.45) is 0 Å². The van der Waals surface area contributed by atoms with E-state index in [2.05, 4.69) is 9.80 Å². The Morgan fingerprint density at radius 2 is 1.56 bits per heavy atom. The molecule has 32 heavy (non-hydrogen) atoms. The van der Waals surface area contributed by atoms with Crippen molar-refractivity contribution in [3.63, 3.8) is 0 Å². The first-order valence-electron chi connectivity index (χ1n) is 11.3. The Morgan fingerprint density at radius 3 is 2.16 bits per heavy atom. The average Bonchev–Trinajstić information content (AvgIpc) is 3.15. The second kappa shape index (κ2) is 10.3. The molecular weight excluding hydrogens is 432 g/mol. The molecular formula is C22H32N4O5S. The third-order valence-electron chi connectivity index (χ3n) is 6.42. The van der Waals surface area contributed by atoms with Crippen LogP contribution in [0.4, 0.5) is 5.69 Å². The van der Waals surface area contributed by atoms with E-state index < -0.39 is 9.84 Å². The van der Waals surface area contributed by atoms with Gasteiger partial charge in [-0.3, -0.25) is 19.4 Å². The molecule has 10 heteroatoms. The lowest BCUT2D eigenvalue weighted by atomic mass is 10.1. The SMILES string of the molecule is O=C(CN1CCN(CC(=O)N(c2ccccc2)[C@H]2CCS(=O)(=O)C2)CC1)N1CCOCC1. The van der Waals surface area contributed by atoms with Crippen molar-refractivity contribution in [3.8, 4) is 0 Å². The number of ether oxygens (including phenoxy) is 1. The molecule has 0 spiro atoms. The summed E-state index contributed by atoms with van der Waals surface area (Å²) in [4.78, 5) is 33.5. The fourth-order valence-electron chi connectivity index (χ4n) is 4.60. The summed E-state index contributed by atoms with van der Waals surface area (Å²) in [5, 5.41) is 0. The van der Waals surface area contributed by atoms with Gasteiger partial charge in [0, 0.05) is 45.0 Å². The predicted molar refractivity (Wildman–Crippen MR) is 121 cm³/mol. The maximum atomic E-state index is 13.3. The molecule has 0 radical (unpaired) electrons. The van der Waals surface area contributed by atoms with E-state index in [1.54, 1.807) is 4.90 Å². The number of nitrogens with zero attached hydrogens (tertiary/aromatic N) is 4. The van der Waals surface area contributed by atoms with E-state index in [1.807, 2.05) is 35.2 Å². The third kappa shape index (κ3) is 5.86. The minimum absolute atomic E-state index is 0.0189. The van der Waals surface area contributed by atoms with Gasteiger partial charge in [-0.25, -0.2) is 8.42 Å². The van der Waals surface area contributed by atoms with Gasteiger partial charge < -0.3 is 14.5 Å². The van der Waals surface area contributed by atoms with Crippen LogP contribution in [-0.4, -0.2) is 118 Å². The van der Waals surface area contributed by atoms with E-state index in [9.17, 15) is 18.0 Å². The van der Waals surface area contributed by atoms with Crippen LogP contribution in [-0.2, 0) is 24.2 Å². The van der Waals surface area contributed by atoms with Gasteiger partial charge in [0.1, 0.15) is 0 Å². The minimum atomic E-state index is -3.10. The lowest BCUT2D eigenvalue weighted by Crippen LogP contribution is -2.54. The maximum absolute atomic E-state index is 13.3. The molecule has 1 atom stereocenters. The fourth-order valence-corrected chi connectivity index (χ4v) is 6.30. The Hall–Kier alpha value is -2.01. The smallest absolute Gasteiger partial charge is 0.241 e. The number of benzene rings is 1. The first kappa shape index (κ1) is 23.2. The van der Waals surface area contributed by atoms with Crippen molar-refractivity contribution in [2.75, 3.05) is 82.0 Å². The summed E-state index contributed by atoms with van der Waals surface area (Å²) in [6.07, 6.45) is 0.473. The van der Waals surface area contributed by atoms with Crippen molar-refractivity contribution in [3.05, 3.63) is 30.3 Å². The number of para-hydroxylation sites is 1. The number of anilines is 1. The number of carbonyl (C=O) groups is 2. The molecule has 3 heterocycles. The zero-order valence-corrected chi connectivity index (χ0v) is 19.2. The van der Waals surface area contributed by atoms with Crippen molar-refractivity contribution >= 4 is 27.3 Å². The molecule has 9 nitrogen and oxygen atoms in total. The van der Waals surface area contributed by atoms with E-state index in [4.69, 9.17) is 4.74 Å². The molecule has 0 aromatic heterocycles. The highest BCUT2D eigenvalue weighted by atomic mass is 32.2. The first-order valence-corrected chi connectivity index (χ1v) is 13.1. The standard InChI is InChI=1S/C22H32N4O5S/c27-21(25-11-13-31-14-12-25)16-23-7-9-24(10-8-23)17-22(28)26(19-4-2-1-3-5-19)20-6-15-32(29,30)18-20/h1-5,20H,6-18H2/t20-/m0/s1. The quantitative estimate of drug-likeness (QED) is 0.570. The number of amides is 2. The largest absolute Gasteiger partial charge is 0.378 e. The number of hydrogen-bond acceptors (Lipinski definition) is 7. The molecule has 0 aliphatic carbocycles. The van der Waals surface area contributed by atoms with Crippen molar-refractivity contribution < 1.29 is 22.7 Å². The molecule has 0 bridgehead atoms. The molecule has 0 saturated carbocycles. The summed E-state index contributed by atoms with van der Waals surface area (Å²) in [5.41, 5.74) is 0.745. The van der Waals surface area contributed by atoms with Gasteiger partial charge in [0.25, 0.3) is 0 Å². The van der Waals surface area contributed by atoms with Crippen LogP contribution in [0.3, 0.4) is 0 Å². The van der Waals surface area contributed by atoms with Gasteiger partial charge in [-0.15, -0.1) is 0 Å². The van der Waals surface area contributed by atoms with Gasteiger partial charge >= 0.3 is 0 Å². The van der Waals surface area contributed by atoms with E-state index in [0.717, 1.165) is 18.8 Å². The molecule has 3 aliphatic heterocycles. The van der Waals surface area contributed by atoms with E-state index in [1.165, 1.54) is 0 Å². The van der Waals surface area contributed by atoms with Crippen LogP contribution in [0.25, 0.3) is 0 Å². The Labute approximate surface area is 189 Å². The molecule has 4 rings (SSSR count). The normalized spacial score (nSPS) is 24.4. The Kier molecular flexibility index (Phi) is 7.44. The van der Waals surface area contributed by atoms with E-state index >= 15 is 0 Å². The molecule has 0 unspecified atom stereocenters. The van der Waals surface area contributed by atoms with Crippen LogP contribution in [0.5, 0.6) is 0 Å². The number of carbonyl (C=O) groups excluding carboxylic acids is 2. The lowest BCUT2D eigenvalue weighted by Gasteiger charge is -2.37. The van der Waals surface area contributed by atoms with Gasteiger partial charge in [0.05, 0.1) is 43.9 Å². The van der Waals surface area contributed by atoms with Crippen molar-refractivity contribution in [1.82, 2.24) is 14.7 Å². The number of rotatable bonds is 6. The molecule has 0 N–H and O–H groups in total. The number of sulfone groups is 1. The van der Waals surface area contributed by atoms with Crippen LogP contribution in [0.1, 0.15) is 6.42 Å². The summed E-state index contributed by atoms with van der Waals surface area (Å²) in [7, 11) is -3.10. The van der Waals surface area contributed by atoms with Crippen LogP contribution >= 0.6 is 0 Å². The van der Waals surface area contributed by atoms with Crippen LogP contribution in [0.15, 0.2) is 30.3 Å². The molecule has 3 saturated heterocycles. The highest BCUT2D eigenvalue weighted by Crippen LogP contribution is 2.25. The Bertz CT molecular complexity index is 896. The molecule has 1 aromatic carbocycles. The lowest BCUT2D eigenvalue weighted by molar-refractivity contribution is -0.137. The minimum Gasteiger partial charge on any atom is -0.378 e. The Morgan fingerprint density at radius 1 is 0.938 bits per heavy atom. The van der Waals surface area contributed by atoms with Gasteiger partial charge in [0.2, 0.25) is 11.8 Å². The topological polar surface area (TPSA) is 90.5 Å². The summed E-state index contributed by atoms with van der Waals surface area (Å²) < 4.78 is 29.4. The average molecular weight is 465 g/mol. The summed E-state index contributed by atoms with van der Waals surface area (Å²) in [5.74, 6) is 0.210. The second-order valence-corrected chi connectivity index (χ2v) is 10.9. The highest BCUT2D eigenvalue weighted by molar-refractivity contribution is 7.91.